The number of fused-ring (bicyclic) bond motifs is 1. The van der Waals surface area contributed by atoms with Gasteiger partial charge in [0.15, 0.2) is 0 Å². The molecule has 1 aliphatic heterocycles. The predicted molar refractivity (Wildman–Crippen MR) is 90.1 cm³/mol. The van der Waals surface area contributed by atoms with Crippen LogP contribution in [-0.2, 0) is 29.7 Å². The van der Waals surface area contributed by atoms with E-state index in [-0.39, 0.29) is 5.82 Å². The fraction of sp³-hybridized carbons (Fsp3) is 0.250. The molecule has 1 aromatic heterocycles. The second-order valence-electron chi connectivity index (χ2n) is 6.29. The van der Waals surface area contributed by atoms with Gasteiger partial charge in [0.1, 0.15) is 11.4 Å². The van der Waals surface area contributed by atoms with Gasteiger partial charge in [-0.3, -0.25) is 0 Å². The van der Waals surface area contributed by atoms with Crippen molar-refractivity contribution >= 4 is 0 Å². The molecule has 0 saturated heterocycles. The van der Waals surface area contributed by atoms with Crippen LogP contribution in [0.4, 0.5) is 4.39 Å². The smallest absolute Gasteiger partial charge is 0.123 e. The van der Waals surface area contributed by atoms with E-state index in [9.17, 15) is 4.39 Å². The molecule has 1 aliphatic rings. The Balaban J connectivity index is 1.77. The third kappa shape index (κ3) is 2.85. The number of hydrogen-bond donors (Lipinski definition) is 0. The normalized spacial score (nSPS) is 19.9. The van der Waals surface area contributed by atoms with Crippen molar-refractivity contribution in [3.05, 3.63) is 89.8 Å². The van der Waals surface area contributed by atoms with Gasteiger partial charge >= 0.3 is 0 Å². The summed E-state index contributed by atoms with van der Waals surface area (Å²) in [5, 5.41) is 0. The molecule has 3 nitrogen and oxygen atoms in total. The molecular formula is C20H19FN2O. The molecule has 0 bridgehead atoms. The minimum atomic E-state index is -0.465. The summed E-state index contributed by atoms with van der Waals surface area (Å²) in [5.74, 6) is -0.215. The van der Waals surface area contributed by atoms with Crippen molar-refractivity contribution in [1.29, 1.82) is 0 Å². The van der Waals surface area contributed by atoms with Crippen molar-refractivity contribution < 1.29 is 9.13 Å². The number of aromatic nitrogens is 2. The van der Waals surface area contributed by atoms with Crippen LogP contribution in [0.1, 0.15) is 16.7 Å². The Kier molecular flexibility index (Phi) is 3.90. The highest BCUT2D eigenvalue weighted by molar-refractivity contribution is 5.36. The van der Waals surface area contributed by atoms with E-state index in [1.54, 1.807) is 6.20 Å². The molecule has 0 N–H and O–H groups in total. The first kappa shape index (κ1) is 15.1. The summed E-state index contributed by atoms with van der Waals surface area (Å²) >= 11 is 0. The van der Waals surface area contributed by atoms with E-state index in [0.29, 0.717) is 19.6 Å². The first-order valence-electron chi connectivity index (χ1n) is 8.18. The minimum Gasteiger partial charge on any atom is -0.368 e. The summed E-state index contributed by atoms with van der Waals surface area (Å²) in [4.78, 5) is 4.15. The lowest BCUT2D eigenvalue weighted by Gasteiger charge is -2.39. The number of benzene rings is 2. The van der Waals surface area contributed by atoms with E-state index in [4.69, 9.17) is 4.74 Å². The van der Waals surface area contributed by atoms with Crippen LogP contribution in [0.15, 0.2) is 67.3 Å². The van der Waals surface area contributed by atoms with Gasteiger partial charge in [0.25, 0.3) is 0 Å². The zero-order valence-electron chi connectivity index (χ0n) is 13.4. The van der Waals surface area contributed by atoms with Gasteiger partial charge < -0.3 is 9.30 Å². The number of imidazole rings is 1. The second-order valence-corrected chi connectivity index (χ2v) is 6.29. The van der Waals surface area contributed by atoms with Gasteiger partial charge in [-0.05, 0) is 35.2 Å². The summed E-state index contributed by atoms with van der Waals surface area (Å²) < 4.78 is 21.7. The van der Waals surface area contributed by atoms with Crippen molar-refractivity contribution in [3.63, 3.8) is 0 Å². The zero-order chi connectivity index (χ0) is 16.4. The van der Waals surface area contributed by atoms with E-state index in [2.05, 4.69) is 29.2 Å². The van der Waals surface area contributed by atoms with Crippen LogP contribution in [-0.4, -0.2) is 16.2 Å². The van der Waals surface area contributed by atoms with Crippen molar-refractivity contribution in [2.24, 2.45) is 0 Å². The fourth-order valence-corrected chi connectivity index (χ4v) is 3.56. The lowest BCUT2D eigenvalue weighted by atomic mass is 9.81. The monoisotopic (exact) mass is 322 g/mol. The highest BCUT2D eigenvalue weighted by Gasteiger charge is 2.38. The SMILES string of the molecule is Fc1ccc(CC2(Cn3ccnc3)OCCc3ccccc32)cc1. The lowest BCUT2D eigenvalue weighted by Crippen LogP contribution is -2.41. The Bertz CT molecular complexity index is 814. The van der Waals surface area contributed by atoms with Gasteiger partial charge in [-0.15, -0.1) is 0 Å². The van der Waals surface area contributed by atoms with Crippen LogP contribution >= 0.6 is 0 Å². The Morgan fingerprint density at radius 1 is 1.12 bits per heavy atom. The lowest BCUT2D eigenvalue weighted by molar-refractivity contribution is -0.0724. The van der Waals surface area contributed by atoms with Crippen LogP contribution < -0.4 is 0 Å². The molecule has 4 heteroatoms. The average Bonchev–Trinajstić information content (AvgIpc) is 3.10. The minimum absolute atomic E-state index is 0.215. The van der Waals surface area contributed by atoms with E-state index in [0.717, 1.165) is 12.0 Å². The zero-order valence-corrected chi connectivity index (χ0v) is 13.4. The molecule has 0 fully saturated rings. The van der Waals surface area contributed by atoms with E-state index < -0.39 is 5.60 Å². The molecule has 0 amide bonds. The first-order chi connectivity index (χ1) is 11.8. The van der Waals surface area contributed by atoms with Gasteiger partial charge in [-0.25, -0.2) is 9.37 Å². The number of hydrogen-bond acceptors (Lipinski definition) is 2. The van der Waals surface area contributed by atoms with Crippen LogP contribution in [0, 0.1) is 5.82 Å². The molecule has 4 rings (SSSR count). The molecule has 24 heavy (non-hydrogen) atoms. The maximum atomic E-state index is 13.3. The summed E-state index contributed by atoms with van der Waals surface area (Å²) in [6.07, 6.45) is 7.16. The Morgan fingerprint density at radius 3 is 2.75 bits per heavy atom. The number of nitrogens with zero attached hydrogens (tertiary/aromatic N) is 2. The third-order valence-corrected chi connectivity index (χ3v) is 4.66. The first-order valence-corrected chi connectivity index (χ1v) is 8.18. The fourth-order valence-electron chi connectivity index (χ4n) is 3.56. The Morgan fingerprint density at radius 2 is 1.96 bits per heavy atom. The molecule has 0 spiro atoms. The molecule has 0 aliphatic carbocycles. The third-order valence-electron chi connectivity index (χ3n) is 4.66. The number of rotatable bonds is 4. The summed E-state index contributed by atoms with van der Waals surface area (Å²) in [7, 11) is 0. The van der Waals surface area contributed by atoms with Crippen LogP contribution in [0.3, 0.4) is 0 Å². The quantitative estimate of drug-likeness (QED) is 0.732. The summed E-state index contributed by atoms with van der Waals surface area (Å²) in [6.45, 7) is 1.37. The molecular weight excluding hydrogens is 303 g/mol. The molecule has 2 aromatic carbocycles. The van der Waals surface area contributed by atoms with Gasteiger partial charge in [0, 0.05) is 18.8 Å². The average molecular weight is 322 g/mol. The highest BCUT2D eigenvalue weighted by Crippen LogP contribution is 2.37. The topological polar surface area (TPSA) is 27.1 Å². The largest absolute Gasteiger partial charge is 0.368 e. The van der Waals surface area contributed by atoms with Gasteiger partial charge in [0.05, 0.1) is 19.5 Å². The van der Waals surface area contributed by atoms with Crippen LogP contribution in [0.25, 0.3) is 0 Å². The molecule has 1 atom stereocenters. The molecule has 0 saturated carbocycles. The van der Waals surface area contributed by atoms with Crippen molar-refractivity contribution in [2.45, 2.75) is 25.0 Å². The highest BCUT2D eigenvalue weighted by atomic mass is 19.1. The number of ether oxygens (including phenoxy) is 1. The van der Waals surface area contributed by atoms with Gasteiger partial charge in [-0.2, -0.15) is 0 Å². The number of halogens is 1. The van der Waals surface area contributed by atoms with E-state index >= 15 is 0 Å². The van der Waals surface area contributed by atoms with Gasteiger partial charge in [-0.1, -0.05) is 36.4 Å². The van der Waals surface area contributed by atoms with Crippen molar-refractivity contribution in [3.8, 4) is 0 Å². The van der Waals surface area contributed by atoms with Crippen molar-refractivity contribution in [1.82, 2.24) is 9.55 Å². The molecule has 2 heterocycles. The molecule has 3 aromatic rings. The summed E-state index contributed by atoms with van der Waals surface area (Å²) in [5.41, 5.74) is 3.14. The standard InChI is InChI=1S/C20H19FN2O/c21-18-7-5-16(6-8-18)13-20(14-23-11-10-22-15-23)19-4-2-1-3-17(19)9-12-24-20/h1-8,10-11,15H,9,12-14H2. The second kappa shape index (κ2) is 6.21. The van der Waals surface area contributed by atoms with E-state index in [1.165, 1.54) is 23.3 Å². The molecule has 1 unspecified atom stereocenters. The Labute approximate surface area is 140 Å². The maximum Gasteiger partial charge on any atom is 0.123 e. The predicted octanol–water partition coefficient (Wildman–Crippen LogP) is 3.73. The van der Waals surface area contributed by atoms with E-state index in [1.807, 2.05) is 29.2 Å². The molecule has 0 radical (unpaired) electrons. The van der Waals surface area contributed by atoms with Crippen LogP contribution in [0.2, 0.25) is 0 Å². The summed E-state index contributed by atoms with van der Waals surface area (Å²) in [6, 6.07) is 15.1. The molecule has 122 valence electrons. The Hall–Kier alpha value is -2.46. The maximum absolute atomic E-state index is 13.3. The van der Waals surface area contributed by atoms with Gasteiger partial charge in [0.2, 0.25) is 0 Å². The van der Waals surface area contributed by atoms with Crippen molar-refractivity contribution in [2.75, 3.05) is 6.61 Å². The van der Waals surface area contributed by atoms with Crippen LogP contribution in [0.5, 0.6) is 0 Å².